The first-order valence-corrected chi connectivity index (χ1v) is 5.40. The Labute approximate surface area is 98.3 Å². The van der Waals surface area contributed by atoms with Gasteiger partial charge in [-0.25, -0.2) is 0 Å². The van der Waals surface area contributed by atoms with E-state index in [1.165, 1.54) is 6.34 Å². The van der Waals surface area contributed by atoms with E-state index in [1.807, 2.05) is 27.7 Å². The minimum Gasteiger partial charge on any atom is -0.340 e. The van der Waals surface area contributed by atoms with Gasteiger partial charge in [-0.3, -0.25) is 10.2 Å². The van der Waals surface area contributed by atoms with Gasteiger partial charge in [0.05, 0.1) is 6.34 Å². The lowest BCUT2D eigenvalue weighted by Gasteiger charge is -2.17. The molecule has 90 valence electrons. The molecule has 0 aliphatic carbocycles. The Bertz CT molecular complexity index is 329. The summed E-state index contributed by atoms with van der Waals surface area (Å²) in [6.45, 7) is 11.4. The Hall–Kier alpha value is -1.38. The molecule has 0 fully saturated rings. The maximum Gasteiger partial charge on any atom is 0.160 e. The summed E-state index contributed by atoms with van der Waals surface area (Å²) in [4.78, 5) is 13.6. The molecule has 3 nitrogen and oxygen atoms in total. The van der Waals surface area contributed by atoms with E-state index in [9.17, 15) is 4.79 Å². The molecular formula is C13H22N2O. The smallest absolute Gasteiger partial charge is 0.160 e. The van der Waals surface area contributed by atoms with Crippen LogP contribution in [0.3, 0.4) is 0 Å². The monoisotopic (exact) mass is 222 g/mol. The Kier molecular flexibility index (Phi) is 5.72. The number of allylic oxidation sites excluding steroid dienone is 3. The number of nitrogens with one attached hydrogen (secondary N) is 1. The van der Waals surface area contributed by atoms with Crippen molar-refractivity contribution in [2.24, 2.45) is 5.92 Å². The second-order valence-electron chi connectivity index (χ2n) is 4.33. The molecule has 1 N–H and O–H groups in total. The Balaban J connectivity index is 4.73. The molecule has 0 bridgehead atoms. The zero-order valence-electron chi connectivity index (χ0n) is 10.9. The van der Waals surface area contributed by atoms with Gasteiger partial charge in [-0.2, -0.15) is 0 Å². The first-order valence-electron chi connectivity index (χ1n) is 5.40. The summed E-state index contributed by atoms with van der Waals surface area (Å²) in [5, 5.41) is 7.12. The van der Waals surface area contributed by atoms with Crippen LogP contribution in [0.15, 0.2) is 23.4 Å². The molecule has 1 unspecified atom stereocenters. The molecule has 0 spiro atoms. The summed E-state index contributed by atoms with van der Waals surface area (Å²) in [5.41, 5.74) is 2.58. The fourth-order valence-electron chi connectivity index (χ4n) is 1.17. The van der Waals surface area contributed by atoms with Crippen molar-refractivity contribution in [3.8, 4) is 0 Å². The van der Waals surface area contributed by atoms with Gasteiger partial charge in [-0.05, 0) is 26.7 Å². The fourth-order valence-corrected chi connectivity index (χ4v) is 1.17. The van der Waals surface area contributed by atoms with Crippen molar-refractivity contribution in [3.63, 3.8) is 0 Å². The van der Waals surface area contributed by atoms with Crippen molar-refractivity contribution in [1.82, 2.24) is 4.90 Å². The minimum absolute atomic E-state index is 0.127. The van der Waals surface area contributed by atoms with Gasteiger partial charge in [0.25, 0.3) is 0 Å². The summed E-state index contributed by atoms with van der Waals surface area (Å²) in [5.74, 6) is 0.335. The van der Waals surface area contributed by atoms with Crippen LogP contribution < -0.4 is 0 Å². The predicted octanol–water partition coefficient (Wildman–Crippen LogP) is 2.99. The van der Waals surface area contributed by atoms with Gasteiger partial charge >= 0.3 is 0 Å². The van der Waals surface area contributed by atoms with E-state index in [0.717, 1.165) is 16.8 Å². The standard InChI is InChI=1S/C13H22N2O/c1-9(2)10(3)7-13(16)11(4)12(5)15(6)8-14/h8,10,14H,1,7H2,2-6H3/b12-11+,14-8?. The lowest BCUT2D eigenvalue weighted by atomic mass is 9.94. The largest absolute Gasteiger partial charge is 0.340 e. The van der Waals surface area contributed by atoms with Crippen LogP contribution in [0.5, 0.6) is 0 Å². The van der Waals surface area contributed by atoms with Gasteiger partial charge in [0.1, 0.15) is 0 Å². The molecule has 0 saturated heterocycles. The van der Waals surface area contributed by atoms with Crippen molar-refractivity contribution in [3.05, 3.63) is 23.4 Å². The number of hydrogen-bond donors (Lipinski definition) is 1. The summed E-state index contributed by atoms with van der Waals surface area (Å²) < 4.78 is 0. The van der Waals surface area contributed by atoms with Crippen molar-refractivity contribution < 1.29 is 4.79 Å². The second-order valence-corrected chi connectivity index (χ2v) is 4.33. The van der Waals surface area contributed by atoms with Crippen LogP contribution in [0, 0.1) is 11.3 Å². The van der Waals surface area contributed by atoms with E-state index in [1.54, 1.807) is 11.9 Å². The topological polar surface area (TPSA) is 44.2 Å². The summed E-state index contributed by atoms with van der Waals surface area (Å²) in [6, 6.07) is 0. The SMILES string of the molecule is C=C(C)C(C)CC(=O)/C(C)=C(\C)N(C)C=N. The molecule has 0 heterocycles. The molecule has 0 radical (unpaired) electrons. The molecule has 0 aromatic heterocycles. The maximum absolute atomic E-state index is 11.9. The van der Waals surface area contributed by atoms with E-state index in [4.69, 9.17) is 5.41 Å². The van der Waals surface area contributed by atoms with Crippen molar-refractivity contribution >= 4 is 12.1 Å². The summed E-state index contributed by atoms with van der Waals surface area (Å²) >= 11 is 0. The molecule has 16 heavy (non-hydrogen) atoms. The van der Waals surface area contributed by atoms with Crippen molar-refractivity contribution in [1.29, 1.82) is 5.41 Å². The van der Waals surface area contributed by atoms with Crippen LogP contribution in [0.25, 0.3) is 0 Å². The third-order valence-corrected chi connectivity index (χ3v) is 3.02. The number of ketones is 1. The number of carbonyl (C=O) groups is 1. The third-order valence-electron chi connectivity index (χ3n) is 3.02. The van der Waals surface area contributed by atoms with Gasteiger partial charge < -0.3 is 4.90 Å². The van der Waals surface area contributed by atoms with Gasteiger partial charge in [0, 0.05) is 24.7 Å². The van der Waals surface area contributed by atoms with Gasteiger partial charge in [-0.15, -0.1) is 0 Å². The predicted molar refractivity (Wildman–Crippen MR) is 68.5 cm³/mol. The molecule has 0 aliphatic rings. The number of nitrogens with zero attached hydrogens (tertiary/aromatic N) is 1. The highest BCUT2D eigenvalue weighted by Gasteiger charge is 2.14. The number of rotatable bonds is 6. The normalized spacial score (nSPS) is 13.8. The maximum atomic E-state index is 11.9. The van der Waals surface area contributed by atoms with Crippen LogP contribution in [0.4, 0.5) is 0 Å². The van der Waals surface area contributed by atoms with E-state index in [-0.39, 0.29) is 11.7 Å². The zero-order valence-corrected chi connectivity index (χ0v) is 10.9. The van der Waals surface area contributed by atoms with Crippen LogP contribution in [0.1, 0.15) is 34.1 Å². The van der Waals surface area contributed by atoms with Crippen molar-refractivity contribution in [2.45, 2.75) is 34.1 Å². The van der Waals surface area contributed by atoms with E-state index >= 15 is 0 Å². The van der Waals surface area contributed by atoms with Gasteiger partial charge in [0.15, 0.2) is 5.78 Å². The molecule has 0 amide bonds. The Morgan fingerprint density at radius 2 is 1.94 bits per heavy atom. The molecule has 0 rings (SSSR count). The lowest BCUT2D eigenvalue weighted by Crippen LogP contribution is -2.18. The molecule has 1 atom stereocenters. The number of carbonyl (C=O) groups excluding carboxylic acids is 1. The fraction of sp³-hybridized carbons (Fsp3) is 0.538. The summed E-state index contributed by atoms with van der Waals surface area (Å²) in [7, 11) is 1.77. The van der Waals surface area contributed by atoms with Gasteiger partial charge in [0.2, 0.25) is 0 Å². The van der Waals surface area contributed by atoms with Crippen LogP contribution in [-0.4, -0.2) is 24.1 Å². The summed E-state index contributed by atoms with van der Waals surface area (Å²) in [6.07, 6.45) is 1.69. The highest BCUT2D eigenvalue weighted by Crippen LogP contribution is 2.17. The van der Waals surface area contributed by atoms with Gasteiger partial charge in [-0.1, -0.05) is 19.1 Å². The van der Waals surface area contributed by atoms with E-state index in [0.29, 0.717) is 6.42 Å². The number of hydrogen-bond acceptors (Lipinski definition) is 2. The van der Waals surface area contributed by atoms with E-state index in [2.05, 4.69) is 6.58 Å². The quantitative estimate of drug-likeness (QED) is 0.325. The zero-order chi connectivity index (χ0) is 12.9. The second kappa shape index (κ2) is 6.26. The molecule has 0 aliphatic heterocycles. The Morgan fingerprint density at radius 3 is 2.31 bits per heavy atom. The van der Waals surface area contributed by atoms with Crippen LogP contribution in [-0.2, 0) is 4.79 Å². The minimum atomic E-state index is 0.127. The molecule has 3 heteroatoms. The molecular weight excluding hydrogens is 200 g/mol. The highest BCUT2D eigenvalue weighted by molar-refractivity contribution is 5.95. The average molecular weight is 222 g/mol. The van der Waals surface area contributed by atoms with Crippen molar-refractivity contribution in [2.75, 3.05) is 7.05 Å². The molecule has 0 saturated carbocycles. The van der Waals surface area contributed by atoms with E-state index < -0.39 is 0 Å². The molecule has 0 aromatic rings. The number of Topliss-reactive ketones (excluding diaryl/α,β-unsaturated/α-hetero) is 1. The first kappa shape index (κ1) is 14.6. The van der Waals surface area contributed by atoms with Crippen LogP contribution in [0.2, 0.25) is 0 Å². The first-order chi connectivity index (χ1) is 7.31. The molecule has 0 aromatic carbocycles. The van der Waals surface area contributed by atoms with Crippen LogP contribution >= 0.6 is 0 Å². The average Bonchev–Trinajstić information content (AvgIpc) is 2.25. The lowest BCUT2D eigenvalue weighted by molar-refractivity contribution is -0.116. The highest BCUT2D eigenvalue weighted by atomic mass is 16.1. The Morgan fingerprint density at radius 1 is 1.44 bits per heavy atom. The third kappa shape index (κ3) is 4.01.